The average Bonchev–Trinajstić information content (AvgIpc) is 3.45. The van der Waals surface area contributed by atoms with Gasteiger partial charge in [0.2, 0.25) is 0 Å². The number of anilines is 1. The van der Waals surface area contributed by atoms with Crippen LogP contribution in [0.4, 0.5) is 5.82 Å². The molecule has 3 atom stereocenters. The van der Waals surface area contributed by atoms with E-state index >= 15 is 0 Å². The van der Waals surface area contributed by atoms with Crippen molar-refractivity contribution in [1.29, 1.82) is 0 Å². The molecule has 2 aliphatic rings. The molecule has 0 radical (unpaired) electrons. The van der Waals surface area contributed by atoms with Gasteiger partial charge < -0.3 is 15.0 Å². The van der Waals surface area contributed by atoms with Gasteiger partial charge in [-0.3, -0.25) is 0 Å². The molecule has 2 aliphatic carbocycles. The Kier molecular flexibility index (Phi) is 5.46. The first-order valence-electron chi connectivity index (χ1n) is 10.7. The second-order valence-corrected chi connectivity index (χ2v) is 9.89. The van der Waals surface area contributed by atoms with Gasteiger partial charge in [-0.15, -0.1) is 0 Å². The van der Waals surface area contributed by atoms with Crippen molar-refractivity contribution in [3.05, 3.63) is 65.6 Å². The number of fused-ring (bicyclic) bond motifs is 2. The fourth-order valence-corrected chi connectivity index (χ4v) is 5.22. The molecule has 168 valence electrons. The molecule has 0 aliphatic heterocycles. The van der Waals surface area contributed by atoms with Gasteiger partial charge in [-0.05, 0) is 36.5 Å². The predicted molar refractivity (Wildman–Crippen MR) is 122 cm³/mol. The van der Waals surface area contributed by atoms with Crippen LogP contribution in [0.2, 0.25) is 0 Å². The van der Waals surface area contributed by atoms with E-state index in [1.165, 1.54) is 11.1 Å². The molecule has 2 aromatic heterocycles. The lowest BCUT2D eigenvalue weighted by Crippen LogP contribution is -2.36. The third kappa shape index (κ3) is 4.26. The maximum atomic E-state index is 11.1. The number of benzene rings is 1. The SMILES string of the molecule is NS(=O)(=O)NC[C@@H]1CC(Cn2ccc3c(N[C@H]4CCc5ccccc54)ncnc32)=C[C@@H]1O. The summed E-state index contributed by atoms with van der Waals surface area (Å²) in [5.41, 5.74) is 4.54. The monoisotopic (exact) mass is 454 g/mol. The highest BCUT2D eigenvalue weighted by atomic mass is 32.2. The number of hydrogen-bond donors (Lipinski definition) is 4. The summed E-state index contributed by atoms with van der Waals surface area (Å²) < 4.78 is 26.6. The summed E-state index contributed by atoms with van der Waals surface area (Å²) in [6, 6.07) is 10.7. The molecule has 3 aromatic rings. The van der Waals surface area contributed by atoms with Crippen molar-refractivity contribution >= 4 is 27.1 Å². The number of aromatic nitrogens is 3. The van der Waals surface area contributed by atoms with E-state index in [-0.39, 0.29) is 18.5 Å². The molecule has 5 N–H and O–H groups in total. The van der Waals surface area contributed by atoms with Crippen LogP contribution in [0.25, 0.3) is 11.0 Å². The zero-order chi connectivity index (χ0) is 22.3. The van der Waals surface area contributed by atoms with Crippen LogP contribution in [0.15, 0.2) is 54.5 Å². The summed E-state index contributed by atoms with van der Waals surface area (Å²) in [5, 5.41) is 19.8. The molecule has 0 amide bonds. The van der Waals surface area contributed by atoms with E-state index in [1.54, 1.807) is 12.4 Å². The van der Waals surface area contributed by atoms with Crippen molar-refractivity contribution in [3.8, 4) is 0 Å². The van der Waals surface area contributed by atoms with Crippen LogP contribution < -0.4 is 15.2 Å². The van der Waals surface area contributed by atoms with E-state index < -0.39 is 16.3 Å². The Morgan fingerprint density at radius 1 is 1.22 bits per heavy atom. The number of aliphatic hydroxyl groups excluding tert-OH is 1. The highest BCUT2D eigenvalue weighted by Crippen LogP contribution is 2.35. The molecule has 0 fully saturated rings. The van der Waals surface area contributed by atoms with E-state index in [0.717, 1.165) is 35.3 Å². The van der Waals surface area contributed by atoms with E-state index in [0.29, 0.717) is 13.0 Å². The number of hydrogen-bond acceptors (Lipinski definition) is 6. The molecule has 32 heavy (non-hydrogen) atoms. The lowest BCUT2D eigenvalue weighted by atomic mass is 10.0. The number of nitrogens with one attached hydrogen (secondary N) is 2. The quantitative estimate of drug-likeness (QED) is 0.401. The molecule has 10 heteroatoms. The third-order valence-corrected chi connectivity index (χ3v) is 6.90. The summed E-state index contributed by atoms with van der Waals surface area (Å²) in [7, 11) is -3.78. The zero-order valence-electron chi connectivity index (χ0n) is 17.5. The standard InChI is InChI=1S/C22H26N6O3S/c23-32(30,31)26-11-16-9-14(10-20(16)29)12-28-8-7-18-21(24-13-25-22(18)28)27-19-6-5-15-3-1-2-4-17(15)19/h1-4,7-8,10,13,16,19-20,26,29H,5-6,9,11-12H2,(H2,23,30,31)(H,24,25,27)/t16-,19-,20-/m0/s1. The van der Waals surface area contributed by atoms with Crippen molar-refractivity contribution < 1.29 is 13.5 Å². The Hall–Kier alpha value is -2.79. The smallest absolute Gasteiger partial charge is 0.274 e. The molecule has 0 saturated heterocycles. The number of aryl methyl sites for hydroxylation is 1. The van der Waals surface area contributed by atoms with Crippen LogP contribution in [0.1, 0.15) is 30.0 Å². The summed E-state index contributed by atoms with van der Waals surface area (Å²) in [6.45, 7) is 0.667. The number of nitrogens with two attached hydrogens (primary N) is 1. The maximum absolute atomic E-state index is 11.1. The normalized spacial score (nSPS) is 22.8. The number of nitrogens with zero attached hydrogens (tertiary/aromatic N) is 3. The van der Waals surface area contributed by atoms with Crippen molar-refractivity contribution in [3.63, 3.8) is 0 Å². The van der Waals surface area contributed by atoms with E-state index in [9.17, 15) is 13.5 Å². The third-order valence-electron chi connectivity index (χ3n) is 6.33. The van der Waals surface area contributed by atoms with E-state index in [1.807, 2.05) is 16.8 Å². The molecule has 0 bridgehead atoms. The van der Waals surface area contributed by atoms with Gasteiger partial charge in [0.1, 0.15) is 17.8 Å². The second-order valence-electron chi connectivity index (χ2n) is 8.51. The molecular weight excluding hydrogens is 428 g/mol. The predicted octanol–water partition coefficient (Wildman–Crippen LogP) is 1.63. The Morgan fingerprint density at radius 3 is 2.91 bits per heavy atom. The minimum Gasteiger partial charge on any atom is -0.389 e. The van der Waals surface area contributed by atoms with Gasteiger partial charge in [0.25, 0.3) is 10.2 Å². The minimum atomic E-state index is -3.78. The molecule has 2 heterocycles. The van der Waals surface area contributed by atoms with Crippen molar-refractivity contribution in [1.82, 2.24) is 19.3 Å². The summed E-state index contributed by atoms with van der Waals surface area (Å²) in [6.07, 6.45) is 7.28. The summed E-state index contributed by atoms with van der Waals surface area (Å²) in [5.74, 6) is 0.575. The highest BCUT2D eigenvalue weighted by molar-refractivity contribution is 7.87. The molecule has 0 saturated carbocycles. The van der Waals surface area contributed by atoms with Gasteiger partial charge in [-0.1, -0.05) is 35.9 Å². The van der Waals surface area contributed by atoms with Gasteiger partial charge in [0.15, 0.2) is 0 Å². The second kappa shape index (κ2) is 8.28. The van der Waals surface area contributed by atoms with Crippen molar-refractivity contribution in [2.45, 2.75) is 38.0 Å². The Balaban J connectivity index is 1.31. The van der Waals surface area contributed by atoms with Crippen molar-refractivity contribution in [2.75, 3.05) is 11.9 Å². The largest absolute Gasteiger partial charge is 0.389 e. The molecule has 5 rings (SSSR count). The van der Waals surface area contributed by atoms with Gasteiger partial charge in [0.05, 0.1) is 17.5 Å². The van der Waals surface area contributed by atoms with Crippen LogP contribution in [0, 0.1) is 5.92 Å². The number of allylic oxidation sites excluding steroid dienone is 1. The fourth-order valence-electron chi connectivity index (χ4n) is 4.77. The highest BCUT2D eigenvalue weighted by Gasteiger charge is 2.27. The van der Waals surface area contributed by atoms with Crippen LogP contribution in [-0.2, 0) is 23.2 Å². The Labute approximate surface area is 186 Å². The maximum Gasteiger partial charge on any atom is 0.274 e. The fraction of sp³-hybridized carbons (Fsp3) is 0.364. The van der Waals surface area contributed by atoms with Gasteiger partial charge in [0, 0.05) is 25.2 Å². The zero-order valence-corrected chi connectivity index (χ0v) is 18.3. The van der Waals surface area contributed by atoms with Crippen molar-refractivity contribution in [2.24, 2.45) is 11.1 Å². The van der Waals surface area contributed by atoms with E-state index in [4.69, 9.17) is 5.14 Å². The molecule has 1 aromatic carbocycles. The Bertz CT molecular complexity index is 1290. The molecular formula is C22H26N6O3S. The lowest BCUT2D eigenvalue weighted by molar-refractivity contribution is 0.166. The molecule has 9 nitrogen and oxygen atoms in total. The van der Waals surface area contributed by atoms with Gasteiger partial charge >= 0.3 is 0 Å². The minimum absolute atomic E-state index is 0.103. The topological polar surface area (TPSA) is 135 Å². The first-order valence-corrected chi connectivity index (χ1v) is 12.2. The first-order chi connectivity index (χ1) is 15.4. The number of rotatable bonds is 7. The Morgan fingerprint density at radius 2 is 2.06 bits per heavy atom. The van der Waals surface area contributed by atoms with Crippen LogP contribution in [0.5, 0.6) is 0 Å². The summed E-state index contributed by atoms with van der Waals surface area (Å²) >= 11 is 0. The lowest BCUT2D eigenvalue weighted by Gasteiger charge is -2.15. The van der Waals surface area contributed by atoms with Crippen LogP contribution in [-0.4, -0.2) is 40.7 Å². The number of aliphatic hydroxyl groups is 1. The first kappa shape index (κ1) is 21.1. The summed E-state index contributed by atoms with van der Waals surface area (Å²) in [4.78, 5) is 8.98. The molecule has 0 unspecified atom stereocenters. The van der Waals surface area contributed by atoms with Gasteiger partial charge in [-0.2, -0.15) is 8.42 Å². The van der Waals surface area contributed by atoms with E-state index in [2.05, 4.69) is 44.3 Å². The average molecular weight is 455 g/mol. The molecule has 0 spiro atoms. The van der Waals surface area contributed by atoms with Crippen LogP contribution >= 0.6 is 0 Å². The van der Waals surface area contributed by atoms with Crippen LogP contribution in [0.3, 0.4) is 0 Å². The van der Waals surface area contributed by atoms with Gasteiger partial charge in [-0.25, -0.2) is 19.8 Å².